The van der Waals surface area contributed by atoms with E-state index >= 15 is 0 Å². The summed E-state index contributed by atoms with van der Waals surface area (Å²) in [6.07, 6.45) is 9.32. The van der Waals surface area contributed by atoms with E-state index in [1.807, 2.05) is 37.3 Å². The molecule has 1 aromatic rings. The highest BCUT2D eigenvalue weighted by Crippen LogP contribution is 2.34. The molecule has 0 N–H and O–H groups in total. The number of benzene rings is 1. The van der Waals surface area contributed by atoms with Gasteiger partial charge in [-0.05, 0) is 24.1 Å². The second-order valence-electron chi connectivity index (χ2n) is 3.39. The molecule has 0 nitrogen and oxygen atoms in total. The lowest BCUT2D eigenvalue weighted by molar-refractivity contribution is 0.867. The molecule has 0 saturated heterocycles. The number of alkyl halides is 1. The van der Waals surface area contributed by atoms with E-state index in [1.54, 1.807) is 0 Å². The first kappa shape index (κ1) is 9.54. The summed E-state index contributed by atoms with van der Waals surface area (Å²) >= 11 is 6.25. The zero-order valence-electron chi connectivity index (χ0n) is 8.07. The number of allylic oxidation sites excluding steroid dienone is 3. The Labute approximate surface area is 89.9 Å². The van der Waals surface area contributed by atoms with E-state index in [-0.39, 0.29) is 11.3 Å². The van der Waals surface area contributed by atoms with Gasteiger partial charge < -0.3 is 0 Å². The van der Waals surface area contributed by atoms with Gasteiger partial charge in [-0.25, -0.2) is 0 Å². The highest BCUT2D eigenvalue weighted by atomic mass is 35.5. The number of rotatable bonds is 2. The Hall–Kier alpha value is -1.01. The lowest BCUT2D eigenvalue weighted by Gasteiger charge is -2.13. The molecular formula is C13H12Cl. The summed E-state index contributed by atoms with van der Waals surface area (Å²) in [5.41, 5.74) is 2.53. The fourth-order valence-corrected chi connectivity index (χ4v) is 2.11. The second-order valence-corrected chi connectivity index (χ2v) is 3.89. The first-order valence-electron chi connectivity index (χ1n) is 4.78. The maximum Gasteiger partial charge on any atom is 0.0625 e. The van der Waals surface area contributed by atoms with Gasteiger partial charge >= 0.3 is 0 Å². The Kier molecular flexibility index (Phi) is 2.74. The SMILES string of the molecule is CC=CC(Cl)C1[C]=Cc2ccccc21. The highest BCUT2D eigenvalue weighted by molar-refractivity contribution is 6.22. The summed E-state index contributed by atoms with van der Waals surface area (Å²) in [6, 6.07) is 8.31. The van der Waals surface area contributed by atoms with Crippen LogP contribution in [0.25, 0.3) is 6.08 Å². The van der Waals surface area contributed by atoms with Crippen molar-refractivity contribution in [2.45, 2.75) is 18.2 Å². The second kappa shape index (κ2) is 4.02. The van der Waals surface area contributed by atoms with Crippen molar-refractivity contribution in [2.75, 3.05) is 0 Å². The van der Waals surface area contributed by atoms with Crippen molar-refractivity contribution >= 4 is 17.7 Å². The van der Waals surface area contributed by atoms with Crippen molar-refractivity contribution in [2.24, 2.45) is 0 Å². The largest absolute Gasteiger partial charge is 0.117 e. The third-order valence-electron chi connectivity index (χ3n) is 2.44. The zero-order valence-corrected chi connectivity index (χ0v) is 8.83. The minimum Gasteiger partial charge on any atom is -0.117 e. The fraction of sp³-hybridized carbons (Fsp3) is 0.231. The van der Waals surface area contributed by atoms with Gasteiger partial charge in [0.1, 0.15) is 0 Å². The van der Waals surface area contributed by atoms with E-state index < -0.39 is 0 Å². The van der Waals surface area contributed by atoms with Crippen molar-refractivity contribution in [1.29, 1.82) is 0 Å². The normalized spacial score (nSPS) is 21.4. The number of hydrogen-bond acceptors (Lipinski definition) is 0. The van der Waals surface area contributed by atoms with Gasteiger partial charge in [0, 0.05) is 5.92 Å². The molecular weight excluding hydrogens is 192 g/mol. The highest BCUT2D eigenvalue weighted by Gasteiger charge is 2.22. The fourth-order valence-electron chi connectivity index (χ4n) is 1.75. The summed E-state index contributed by atoms with van der Waals surface area (Å²) in [7, 11) is 0. The van der Waals surface area contributed by atoms with Crippen LogP contribution in [0.15, 0.2) is 36.4 Å². The van der Waals surface area contributed by atoms with Crippen molar-refractivity contribution in [3.63, 3.8) is 0 Å². The van der Waals surface area contributed by atoms with E-state index in [4.69, 9.17) is 11.6 Å². The van der Waals surface area contributed by atoms with Crippen LogP contribution >= 0.6 is 11.6 Å². The predicted octanol–water partition coefficient (Wildman–Crippen LogP) is 3.78. The molecule has 1 heteroatoms. The van der Waals surface area contributed by atoms with E-state index in [9.17, 15) is 0 Å². The number of fused-ring (bicyclic) bond motifs is 1. The molecule has 71 valence electrons. The van der Waals surface area contributed by atoms with Crippen molar-refractivity contribution in [3.8, 4) is 0 Å². The van der Waals surface area contributed by atoms with Gasteiger partial charge in [-0.3, -0.25) is 0 Å². The van der Waals surface area contributed by atoms with Gasteiger partial charge in [0.15, 0.2) is 0 Å². The van der Waals surface area contributed by atoms with Crippen LogP contribution in [0.4, 0.5) is 0 Å². The summed E-state index contributed by atoms with van der Waals surface area (Å²) in [5, 5.41) is 0.0138. The molecule has 0 spiro atoms. The van der Waals surface area contributed by atoms with E-state index in [1.165, 1.54) is 11.1 Å². The molecule has 1 aliphatic carbocycles. The van der Waals surface area contributed by atoms with Crippen LogP contribution < -0.4 is 0 Å². The molecule has 2 atom stereocenters. The Morgan fingerprint density at radius 1 is 1.43 bits per heavy atom. The Morgan fingerprint density at radius 2 is 2.21 bits per heavy atom. The minimum absolute atomic E-state index is 0.0138. The average Bonchev–Trinajstić information content (AvgIpc) is 2.61. The molecule has 2 unspecified atom stereocenters. The Morgan fingerprint density at radius 3 is 3.00 bits per heavy atom. The van der Waals surface area contributed by atoms with Gasteiger partial charge in [-0.2, -0.15) is 0 Å². The zero-order chi connectivity index (χ0) is 9.97. The van der Waals surface area contributed by atoms with Crippen LogP contribution in [-0.4, -0.2) is 5.38 Å². The van der Waals surface area contributed by atoms with Gasteiger partial charge in [0.25, 0.3) is 0 Å². The molecule has 0 bridgehead atoms. The minimum atomic E-state index is 0.0138. The molecule has 0 aliphatic heterocycles. The van der Waals surface area contributed by atoms with E-state index in [0.717, 1.165) is 0 Å². The topological polar surface area (TPSA) is 0 Å². The third kappa shape index (κ3) is 1.62. The lowest BCUT2D eigenvalue weighted by atomic mass is 9.97. The molecule has 1 radical (unpaired) electrons. The van der Waals surface area contributed by atoms with Crippen LogP contribution in [0.5, 0.6) is 0 Å². The maximum atomic E-state index is 6.25. The van der Waals surface area contributed by atoms with Gasteiger partial charge in [0.05, 0.1) is 5.38 Å². The van der Waals surface area contributed by atoms with Crippen molar-refractivity contribution in [1.82, 2.24) is 0 Å². The lowest BCUT2D eigenvalue weighted by Crippen LogP contribution is -2.06. The molecule has 0 amide bonds. The van der Waals surface area contributed by atoms with Crippen LogP contribution in [0.1, 0.15) is 24.0 Å². The molecule has 0 aromatic heterocycles. The molecule has 1 aliphatic rings. The van der Waals surface area contributed by atoms with Gasteiger partial charge in [0.2, 0.25) is 0 Å². The quantitative estimate of drug-likeness (QED) is 0.507. The van der Waals surface area contributed by atoms with Gasteiger partial charge in [-0.15, -0.1) is 11.6 Å². The summed E-state index contributed by atoms with van der Waals surface area (Å²) in [5.74, 6) is 0.212. The third-order valence-corrected chi connectivity index (χ3v) is 2.84. The monoisotopic (exact) mass is 203 g/mol. The van der Waals surface area contributed by atoms with Crippen LogP contribution in [0, 0.1) is 6.08 Å². The first-order valence-corrected chi connectivity index (χ1v) is 5.21. The average molecular weight is 204 g/mol. The van der Waals surface area contributed by atoms with Crippen LogP contribution in [-0.2, 0) is 0 Å². The Balaban J connectivity index is 2.30. The molecule has 14 heavy (non-hydrogen) atoms. The molecule has 0 heterocycles. The summed E-state index contributed by atoms with van der Waals surface area (Å²) in [6.45, 7) is 1.99. The number of hydrogen-bond donors (Lipinski definition) is 0. The standard InChI is InChI=1S/C13H12Cl/c1-2-5-13(14)12-9-8-10-6-3-4-7-11(10)12/h2-8,12-13H,1H3. The number of halogens is 1. The summed E-state index contributed by atoms with van der Waals surface area (Å²) in [4.78, 5) is 0. The molecule has 2 rings (SSSR count). The van der Waals surface area contributed by atoms with Gasteiger partial charge in [-0.1, -0.05) is 42.5 Å². The predicted molar refractivity (Wildman–Crippen MR) is 61.3 cm³/mol. The van der Waals surface area contributed by atoms with Crippen molar-refractivity contribution < 1.29 is 0 Å². The van der Waals surface area contributed by atoms with E-state index in [0.29, 0.717) is 0 Å². The molecule has 1 aromatic carbocycles. The maximum absolute atomic E-state index is 6.25. The van der Waals surface area contributed by atoms with Crippen LogP contribution in [0.2, 0.25) is 0 Å². The molecule has 0 fully saturated rings. The smallest absolute Gasteiger partial charge is 0.0625 e. The van der Waals surface area contributed by atoms with E-state index in [2.05, 4.69) is 18.2 Å². The first-order chi connectivity index (χ1) is 6.83. The van der Waals surface area contributed by atoms with Crippen LogP contribution in [0.3, 0.4) is 0 Å². The molecule has 0 saturated carbocycles. The van der Waals surface area contributed by atoms with Crippen molar-refractivity contribution in [3.05, 3.63) is 53.6 Å². The Bertz CT molecular complexity index is 377. The summed E-state index contributed by atoms with van der Waals surface area (Å²) < 4.78 is 0.